The van der Waals surface area contributed by atoms with Crippen molar-refractivity contribution in [3.8, 4) is 0 Å². The highest BCUT2D eigenvalue weighted by molar-refractivity contribution is 8.77. The van der Waals surface area contributed by atoms with Crippen LogP contribution < -0.4 is 5.32 Å². The molecule has 0 atom stereocenters. The molecule has 0 saturated carbocycles. The van der Waals surface area contributed by atoms with E-state index in [0.29, 0.717) is 11.5 Å². The summed E-state index contributed by atoms with van der Waals surface area (Å²) in [6.07, 6.45) is 0. The lowest BCUT2D eigenvalue weighted by Gasteiger charge is -2.22. The second-order valence-corrected chi connectivity index (χ2v) is 5.06. The molecule has 0 aliphatic carbocycles. The van der Waals surface area contributed by atoms with Gasteiger partial charge in [-0.1, -0.05) is 21.6 Å². The van der Waals surface area contributed by atoms with Crippen LogP contribution >= 0.6 is 21.6 Å². The topological polar surface area (TPSA) is 66.4 Å². The summed E-state index contributed by atoms with van der Waals surface area (Å²) < 4.78 is 0. The van der Waals surface area contributed by atoms with Gasteiger partial charge < -0.3 is 10.4 Å². The number of nitrogens with one attached hydrogen (secondary N) is 1. The highest BCUT2D eigenvalue weighted by Gasteiger charge is 2.43. The summed E-state index contributed by atoms with van der Waals surface area (Å²) in [5, 5.41) is 11.3. The quantitative estimate of drug-likeness (QED) is 0.639. The van der Waals surface area contributed by atoms with Crippen molar-refractivity contribution in [1.29, 1.82) is 0 Å². The van der Waals surface area contributed by atoms with E-state index in [1.54, 1.807) is 0 Å². The molecule has 6 heteroatoms. The van der Waals surface area contributed by atoms with E-state index in [1.165, 1.54) is 28.5 Å². The largest absolute Gasteiger partial charge is 0.479 e. The van der Waals surface area contributed by atoms with Gasteiger partial charge in [0.05, 0.1) is 0 Å². The Morgan fingerprint density at radius 2 is 1.92 bits per heavy atom. The molecule has 0 aromatic heterocycles. The Kier molecular flexibility index (Phi) is 2.89. The molecule has 1 aliphatic heterocycles. The molecule has 1 amide bonds. The fourth-order valence-electron chi connectivity index (χ4n) is 0.912. The van der Waals surface area contributed by atoms with Crippen molar-refractivity contribution in [3.63, 3.8) is 0 Å². The third kappa shape index (κ3) is 1.87. The number of hydrogen-bond donors (Lipinski definition) is 2. The van der Waals surface area contributed by atoms with Crippen LogP contribution in [-0.4, -0.2) is 34.0 Å². The van der Waals surface area contributed by atoms with Crippen LogP contribution in [0.15, 0.2) is 0 Å². The number of carboxylic acid groups (broad SMARTS) is 1. The van der Waals surface area contributed by atoms with Crippen LogP contribution in [-0.2, 0) is 9.59 Å². The van der Waals surface area contributed by atoms with Crippen molar-refractivity contribution in [2.24, 2.45) is 0 Å². The second-order valence-electron chi connectivity index (χ2n) is 2.59. The van der Waals surface area contributed by atoms with E-state index in [-0.39, 0.29) is 5.91 Å². The third-order valence-corrected chi connectivity index (χ3v) is 4.11. The van der Waals surface area contributed by atoms with E-state index in [1.807, 2.05) is 0 Å². The van der Waals surface area contributed by atoms with Gasteiger partial charge in [-0.25, -0.2) is 4.79 Å². The number of amides is 1. The first-order chi connectivity index (χ1) is 5.57. The number of carbonyl (C=O) groups excluding carboxylic acids is 1. The van der Waals surface area contributed by atoms with E-state index < -0.39 is 11.5 Å². The first-order valence-electron chi connectivity index (χ1n) is 3.33. The molecular weight excluding hydrogens is 198 g/mol. The van der Waals surface area contributed by atoms with Crippen molar-refractivity contribution in [2.75, 3.05) is 11.5 Å². The summed E-state index contributed by atoms with van der Waals surface area (Å²) in [6.45, 7) is 1.33. The lowest BCUT2D eigenvalue weighted by atomic mass is 10.1. The van der Waals surface area contributed by atoms with Crippen molar-refractivity contribution in [1.82, 2.24) is 5.32 Å². The summed E-state index contributed by atoms with van der Waals surface area (Å²) in [7, 11) is 2.94. The molecule has 0 aromatic carbocycles. The van der Waals surface area contributed by atoms with Crippen LogP contribution in [0.25, 0.3) is 0 Å². The van der Waals surface area contributed by atoms with Gasteiger partial charge in [0, 0.05) is 18.4 Å². The van der Waals surface area contributed by atoms with Crippen molar-refractivity contribution < 1.29 is 14.7 Å². The first kappa shape index (κ1) is 9.73. The number of rotatable bonds is 2. The summed E-state index contributed by atoms with van der Waals surface area (Å²) >= 11 is 0. The molecule has 68 valence electrons. The van der Waals surface area contributed by atoms with Crippen LogP contribution in [0.4, 0.5) is 0 Å². The molecule has 0 bridgehead atoms. The van der Waals surface area contributed by atoms with Gasteiger partial charge in [0.15, 0.2) is 5.54 Å². The van der Waals surface area contributed by atoms with Crippen LogP contribution in [0, 0.1) is 0 Å². The Morgan fingerprint density at radius 3 is 2.25 bits per heavy atom. The molecule has 12 heavy (non-hydrogen) atoms. The molecule has 4 nitrogen and oxygen atoms in total. The molecule has 0 radical (unpaired) electrons. The molecule has 0 spiro atoms. The van der Waals surface area contributed by atoms with Gasteiger partial charge >= 0.3 is 5.97 Å². The third-order valence-electron chi connectivity index (χ3n) is 1.52. The molecule has 0 aromatic rings. The first-order valence-corrected chi connectivity index (χ1v) is 5.82. The average Bonchev–Trinajstić information content (AvgIpc) is 2.35. The van der Waals surface area contributed by atoms with Gasteiger partial charge in [-0.2, -0.15) is 0 Å². The van der Waals surface area contributed by atoms with E-state index in [9.17, 15) is 9.59 Å². The van der Waals surface area contributed by atoms with Gasteiger partial charge in [-0.3, -0.25) is 4.79 Å². The van der Waals surface area contributed by atoms with Crippen molar-refractivity contribution >= 4 is 33.5 Å². The standard InChI is InChI=1S/C6H9NO3S2/c1-4(8)7-6(5(9)10)2-11-12-3-6/h2-3H2,1H3,(H,7,8)(H,9,10). The van der Waals surface area contributed by atoms with Crippen LogP contribution in [0.3, 0.4) is 0 Å². The van der Waals surface area contributed by atoms with E-state index in [4.69, 9.17) is 5.11 Å². The molecule has 1 rings (SSSR count). The fraction of sp³-hybridized carbons (Fsp3) is 0.667. The highest BCUT2D eigenvalue weighted by atomic mass is 33.1. The minimum Gasteiger partial charge on any atom is -0.479 e. The Balaban J connectivity index is 2.72. The molecule has 1 heterocycles. The predicted molar refractivity (Wildman–Crippen MR) is 49.1 cm³/mol. The lowest BCUT2D eigenvalue weighted by molar-refractivity contribution is -0.145. The number of carboxylic acids is 1. The second kappa shape index (κ2) is 3.57. The van der Waals surface area contributed by atoms with Crippen LogP contribution in [0.5, 0.6) is 0 Å². The van der Waals surface area contributed by atoms with Gasteiger partial charge in [-0.15, -0.1) is 0 Å². The Labute approximate surface area is 77.9 Å². The number of aliphatic carboxylic acids is 1. The molecule has 2 N–H and O–H groups in total. The Hall–Kier alpha value is -0.360. The smallest absolute Gasteiger partial charge is 0.331 e. The summed E-state index contributed by atoms with van der Waals surface area (Å²) in [5.41, 5.74) is -1.04. The Morgan fingerprint density at radius 1 is 1.42 bits per heavy atom. The van der Waals surface area contributed by atoms with Crippen molar-refractivity contribution in [2.45, 2.75) is 12.5 Å². The summed E-state index contributed by atoms with van der Waals surface area (Å²) in [6, 6.07) is 0. The van der Waals surface area contributed by atoms with Crippen molar-refractivity contribution in [3.05, 3.63) is 0 Å². The molecular formula is C6H9NO3S2. The normalized spacial score (nSPS) is 20.4. The molecule has 1 aliphatic rings. The van der Waals surface area contributed by atoms with E-state index >= 15 is 0 Å². The summed E-state index contributed by atoms with van der Waals surface area (Å²) in [5.74, 6) is -0.366. The molecule has 1 saturated heterocycles. The number of hydrogen-bond acceptors (Lipinski definition) is 4. The van der Waals surface area contributed by atoms with E-state index in [0.717, 1.165) is 0 Å². The SMILES string of the molecule is CC(=O)NC1(C(=O)O)CSSC1. The highest BCUT2D eigenvalue weighted by Crippen LogP contribution is 2.37. The maximum Gasteiger partial charge on any atom is 0.331 e. The minimum atomic E-state index is -1.04. The van der Waals surface area contributed by atoms with Gasteiger partial charge in [0.1, 0.15) is 0 Å². The van der Waals surface area contributed by atoms with Gasteiger partial charge in [0.2, 0.25) is 5.91 Å². The van der Waals surface area contributed by atoms with E-state index in [2.05, 4.69) is 5.32 Å². The van der Waals surface area contributed by atoms with Gasteiger partial charge in [-0.05, 0) is 0 Å². The minimum absolute atomic E-state index is 0.291. The lowest BCUT2D eigenvalue weighted by Crippen LogP contribution is -2.56. The van der Waals surface area contributed by atoms with Gasteiger partial charge in [0.25, 0.3) is 0 Å². The maximum atomic E-state index is 10.8. The van der Waals surface area contributed by atoms with Crippen LogP contribution in [0.1, 0.15) is 6.92 Å². The zero-order valence-electron chi connectivity index (χ0n) is 6.49. The zero-order chi connectivity index (χ0) is 9.19. The average molecular weight is 207 g/mol. The maximum absolute atomic E-state index is 10.8. The zero-order valence-corrected chi connectivity index (χ0v) is 8.13. The number of carbonyl (C=O) groups is 2. The fourth-order valence-corrected chi connectivity index (χ4v) is 3.91. The summed E-state index contributed by atoms with van der Waals surface area (Å²) in [4.78, 5) is 21.5. The Bertz CT molecular complexity index is 213. The monoisotopic (exact) mass is 207 g/mol. The predicted octanol–water partition coefficient (Wildman–Crippen LogP) is 0.341. The molecule has 1 fully saturated rings. The molecule has 0 unspecified atom stereocenters. The van der Waals surface area contributed by atoms with Crippen LogP contribution in [0.2, 0.25) is 0 Å².